The molecule has 1 amide bonds. The van der Waals surface area contributed by atoms with Gasteiger partial charge in [0.1, 0.15) is 11.9 Å². The molecule has 7 heteroatoms. The van der Waals surface area contributed by atoms with E-state index in [2.05, 4.69) is 10.4 Å². The van der Waals surface area contributed by atoms with Crippen molar-refractivity contribution < 1.29 is 19.1 Å². The molecule has 1 aromatic carbocycles. The number of nitrogens with zero attached hydrogens (tertiary/aromatic N) is 2. The zero-order valence-electron chi connectivity index (χ0n) is 14.8. The molecule has 0 fully saturated rings. The van der Waals surface area contributed by atoms with Crippen LogP contribution in [0.3, 0.4) is 0 Å². The maximum atomic E-state index is 13.6. The summed E-state index contributed by atoms with van der Waals surface area (Å²) in [4.78, 5) is 24.1. The minimum Gasteiger partial charge on any atom is -0.480 e. The molecule has 1 heterocycles. The second-order valence-electron chi connectivity index (χ2n) is 6.91. The van der Waals surface area contributed by atoms with Crippen molar-refractivity contribution in [2.24, 2.45) is 5.92 Å². The maximum absolute atomic E-state index is 13.6. The average molecular weight is 359 g/mol. The molecular formula is C19H22FN3O3. The molecule has 3 rings (SSSR count). The molecule has 1 aliphatic rings. The van der Waals surface area contributed by atoms with Crippen LogP contribution in [-0.2, 0) is 17.6 Å². The Morgan fingerprint density at radius 1 is 1.27 bits per heavy atom. The van der Waals surface area contributed by atoms with Gasteiger partial charge in [0, 0.05) is 11.3 Å². The number of rotatable bonds is 5. The van der Waals surface area contributed by atoms with Crippen molar-refractivity contribution in [2.45, 2.75) is 45.6 Å². The summed E-state index contributed by atoms with van der Waals surface area (Å²) in [5.74, 6) is -2.21. The van der Waals surface area contributed by atoms with E-state index in [4.69, 9.17) is 0 Å². The van der Waals surface area contributed by atoms with Crippen LogP contribution in [0.1, 0.15) is 48.4 Å². The Kier molecular flexibility index (Phi) is 5.06. The fraction of sp³-hybridized carbons (Fsp3) is 0.421. The lowest BCUT2D eigenvalue weighted by molar-refractivity contribution is -0.140. The summed E-state index contributed by atoms with van der Waals surface area (Å²) in [5.41, 5.74) is 2.51. The molecule has 0 radical (unpaired) electrons. The van der Waals surface area contributed by atoms with Crippen molar-refractivity contribution >= 4 is 11.9 Å². The summed E-state index contributed by atoms with van der Waals surface area (Å²) in [5, 5.41) is 16.3. The van der Waals surface area contributed by atoms with Gasteiger partial charge in [-0.05, 0) is 49.8 Å². The summed E-state index contributed by atoms with van der Waals surface area (Å²) >= 11 is 0. The van der Waals surface area contributed by atoms with Crippen LogP contribution in [0.4, 0.5) is 4.39 Å². The normalized spacial score (nSPS) is 14.8. The average Bonchev–Trinajstić information content (AvgIpc) is 2.98. The van der Waals surface area contributed by atoms with Crippen LogP contribution in [0.5, 0.6) is 0 Å². The highest BCUT2D eigenvalue weighted by Gasteiger charge is 2.29. The first kappa shape index (κ1) is 18.1. The molecule has 2 N–H and O–H groups in total. The number of amides is 1. The molecule has 0 bridgehead atoms. The summed E-state index contributed by atoms with van der Waals surface area (Å²) in [7, 11) is 0. The van der Waals surface area contributed by atoms with E-state index >= 15 is 0 Å². The van der Waals surface area contributed by atoms with E-state index in [0.29, 0.717) is 12.1 Å². The Morgan fingerprint density at radius 2 is 2.00 bits per heavy atom. The number of aliphatic carboxylic acids is 1. The molecule has 6 nitrogen and oxygen atoms in total. The van der Waals surface area contributed by atoms with E-state index in [1.165, 1.54) is 12.1 Å². The van der Waals surface area contributed by atoms with Gasteiger partial charge in [-0.15, -0.1) is 0 Å². The number of carbonyl (C=O) groups excluding carboxylic acids is 1. The van der Waals surface area contributed by atoms with Gasteiger partial charge in [0.05, 0.1) is 5.69 Å². The van der Waals surface area contributed by atoms with E-state index in [1.54, 1.807) is 30.7 Å². The monoisotopic (exact) mass is 359 g/mol. The van der Waals surface area contributed by atoms with Crippen molar-refractivity contribution in [3.8, 4) is 5.69 Å². The smallest absolute Gasteiger partial charge is 0.326 e. The third-order valence-electron chi connectivity index (χ3n) is 4.67. The van der Waals surface area contributed by atoms with Gasteiger partial charge in [-0.3, -0.25) is 4.79 Å². The molecule has 138 valence electrons. The molecule has 0 spiro atoms. The fourth-order valence-electron chi connectivity index (χ4n) is 3.33. The number of hydrogen-bond donors (Lipinski definition) is 2. The van der Waals surface area contributed by atoms with E-state index in [0.717, 1.165) is 30.5 Å². The van der Waals surface area contributed by atoms with Crippen LogP contribution in [-0.4, -0.2) is 32.8 Å². The number of nitrogens with one attached hydrogen (secondary N) is 1. The molecule has 0 unspecified atom stereocenters. The zero-order chi connectivity index (χ0) is 18.8. The van der Waals surface area contributed by atoms with Crippen LogP contribution in [0.15, 0.2) is 24.3 Å². The Balaban J connectivity index is 2.00. The minimum atomic E-state index is -1.08. The Hall–Kier alpha value is -2.70. The lowest BCUT2D eigenvalue weighted by Gasteiger charge is -2.18. The van der Waals surface area contributed by atoms with E-state index < -0.39 is 17.9 Å². The quantitative estimate of drug-likeness (QED) is 0.860. The third-order valence-corrected chi connectivity index (χ3v) is 4.67. The summed E-state index contributed by atoms with van der Waals surface area (Å²) in [6.45, 7) is 3.47. The van der Waals surface area contributed by atoms with Crippen LogP contribution in [0.2, 0.25) is 0 Å². The SMILES string of the molecule is CC(C)[C@H](NC(=O)c1nn(-c2cccc(F)c2)c2c1CCCC2)C(=O)O. The number of benzene rings is 1. The highest BCUT2D eigenvalue weighted by Crippen LogP contribution is 2.27. The maximum Gasteiger partial charge on any atom is 0.326 e. The van der Waals surface area contributed by atoms with Crippen molar-refractivity contribution in [2.75, 3.05) is 0 Å². The van der Waals surface area contributed by atoms with Crippen molar-refractivity contribution in [1.82, 2.24) is 15.1 Å². The van der Waals surface area contributed by atoms with Crippen molar-refractivity contribution in [3.05, 3.63) is 47.0 Å². The second-order valence-corrected chi connectivity index (χ2v) is 6.91. The Morgan fingerprint density at radius 3 is 2.65 bits per heavy atom. The number of halogens is 1. The van der Waals surface area contributed by atoms with Gasteiger partial charge in [-0.25, -0.2) is 13.9 Å². The fourth-order valence-corrected chi connectivity index (χ4v) is 3.33. The van der Waals surface area contributed by atoms with Crippen molar-refractivity contribution in [1.29, 1.82) is 0 Å². The van der Waals surface area contributed by atoms with Gasteiger partial charge < -0.3 is 10.4 Å². The van der Waals surface area contributed by atoms with E-state index in [1.807, 2.05) is 0 Å². The number of hydrogen-bond acceptors (Lipinski definition) is 3. The van der Waals surface area contributed by atoms with Gasteiger partial charge in [0.2, 0.25) is 0 Å². The molecule has 1 atom stereocenters. The van der Waals surface area contributed by atoms with Crippen molar-refractivity contribution in [3.63, 3.8) is 0 Å². The number of carboxylic acids is 1. The van der Waals surface area contributed by atoms with Crippen LogP contribution in [0.25, 0.3) is 5.69 Å². The van der Waals surface area contributed by atoms with Crippen LogP contribution in [0, 0.1) is 11.7 Å². The first-order chi connectivity index (χ1) is 12.4. The summed E-state index contributed by atoms with van der Waals surface area (Å²) in [6.07, 6.45) is 3.36. The number of carbonyl (C=O) groups is 2. The Bertz CT molecular complexity index is 845. The minimum absolute atomic E-state index is 0.232. The van der Waals surface area contributed by atoms with Gasteiger partial charge in [0.15, 0.2) is 5.69 Å². The van der Waals surface area contributed by atoms with Gasteiger partial charge in [-0.1, -0.05) is 19.9 Å². The third kappa shape index (κ3) is 3.47. The number of fused-ring (bicyclic) bond motifs is 1. The lowest BCUT2D eigenvalue weighted by Crippen LogP contribution is -2.44. The first-order valence-corrected chi connectivity index (χ1v) is 8.79. The zero-order valence-corrected chi connectivity index (χ0v) is 14.8. The molecule has 0 saturated carbocycles. The van der Waals surface area contributed by atoms with Gasteiger partial charge in [0.25, 0.3) is 5.91 Å². The second kappa shape index (κ2) is 7.27. The highest BCUT2D eigenvalue weighted by atomic mass is 19.1. The van der Waals surface area contributed by atoms with Crippen LogP contribution >= 0.6 is 0 Å². The number of aromatic nitrogens is 2. The Labute approximate surface area is 151 Å². The predicted octanol–water partition coefficient (Wildman–Crippen LogP) is 2.73. The predicted molar refractivity (Wildman–Crippen MR) is 93.9 cm³/mol. The molecule has 0 aliphatic heterocycles. The highest BCUT2D eigenvalue weighted by molar-refractivity contribution is 5.96. The standard InChI is InChI=1S/C19H22FN3O3/c1-11(2)16(19(25)26)21-18(24)17-14-8-3-4-9-15(14)23(22-17)13-7-5-6-12(20)10-13/h5-7,10-11,16H,3-4,8-9H2,1-2H3,(H,21,24)(H,25,26)/t16-/m0/s1. The summed E-state index contributed by atoms with van der Waals surface area (Å²) < 4.78 is 15.2. The summed E-state index contributed by atoms with van der Waals surface area (Å²) in [6, 6.07) is 5.08. The molecule has 1 aliphatic carbocycles. The molecule has 1 aromatic heterocycles. The lowest BCUT2D eigenvalue weighted by atomic mass is 9.95. The van der Waals surface area contributed by atoms with Gasteiger partial charge >= 0.3 is 5.97 Å². The molecule has 2 aromatic rings. The molecule has 0 saturated heterocycles. The molecule has 26 heavy (non-hydrogen) atoms. The largest absolute Gasteiger partial charge is 0.480 e. The van der Waals surface area contributed by atoms with E-state index in [-0.39, 0.29) is 17.4 Å². The first-order valence-electron chi connectivity index (χ1n) is 8.79. The van der Waals surface area contributed by atoms with E-state index in [9.17, 15) is 19.1 Å². The molecular weight excluding hydrogens is 337 g/mol. The van der Waals surface area contributed by atoms with Crippen LogP contribution < -0.4 is 5.32 Å². The van der Waals surface area contributed by atoms with Gasteiger partial charge in [-0.2, -0.15) is 5.10 Å². The number of carboxylic acid groups (broad SMARTS) is 1. The topological polar surface area (TPSA) is 84.2 Å².